The number of alkyl carbamates (subject to hydrolysis) is 1. The molecule has 1 amide bonds. The van der Waals surface area contributed by atoms with Crippen LogP contribution < -0.4 is 5.32 Å². The van der Waals surface area contributed by atoms with Crippen LogP contribution in [-0.2, 0) is 47.5 Å². The molecule has 0 aliphatic rings. The number of carbonyl (C=O) groups excluding carboxylic acids is 4. The van der Waals surface area contributed by atoms with Crippen molar-refractivity contribution in [2.75, 3.05) is 39.6 Å². The normalized spacial score (nSPS) is 12.9. The van der Waals surface area contributed by atoms with E-state index in [0.29, 0.717) is 0 Å². The van der Waals surface area contributed by atoms with Crippen molar-refractivity contribution in [2.24, 2.45) is 0 Å². The number of hydrogen-bond donors (Lipinski definition) is 1. The second-order valence-corrected chi connectivity index (χ2v) is 14.1. The van der Waals surface area contributed by atoms with Gasteiger partial charge in [-0.25, -0.2) is 4.79 Å². The Balaban J connectivity index is 5.60. The van der Waals surface area contributed by atoms with Gasteiger partial charge in [-0.2, -0.15) is 0 Å². The van der Waals surface area contributed by atoms with Gasteiger partial charge in [0.25, 0.3) is 0 Å². The van der Waals surface area contributed by atoms with Crippen molar-refractivity contribution in [2.45, 2.75) is 130 Å². The molecule has 0 bridgehead atoms. The van der Waals surface area contributed by atoms with Crippen LogP contribution in [0.25, 0.3) is 0 Å². The third kappa shape index (κ3) is 23.2. The number of esters is 3. The minimum Gasteiger partial charge on any atom is -0.460 e. The quantitative estimate of drug-likeness (QED) is 0.151. The SMILES string of the molecule is CC(C)(C)OC(=O)CCOCC(COCCC(=O)OC(C)(C)C)(COCCC(=O)OC(C)(C)C)NC(=O)OC(C)(C)C. The Kier molecular flexibility index (Phi) is 16.0. The first kappa shape index (κ1) is 39.6. The molecule has 0 fully saturated rings. The fraction of sp³-hybridized carbons (Fsp3) is 0.867. The second-order valence-electron chi connectivity index (χ2n) is 14.1. The summed E-state index contributed by atoms with van der Waals surface area (Å²) in [5.74, 6) is -1.30. The van der Waals surface area contributed by atoms with E-state index in [2.05, 4.69) is 5.32 Å². The predicted octanol–water partition coefficient (Wildman–Crippen LogP) is 4.50. The topological polar surface area (TPSA) is 145 Å². The smallest absolute Gasteiger partial charge is 0.408 e. The zero-order chi connectivity index (χ0) is 32.8. The van der Waals surface area contributed by atoms with Crippen molar-refractivity contribution < 1.29 is 52.3 Å². The Morgan fingerprint density at radius 3 is 0.952 bits per heavy atom. The largest absolute Gasteiger partial charge is 0.460 e. The lowest BCUT2D eigenvalue weighted by atomic mass is 10.0. The molecule has 0 saturated carbocycles. The van der Waals surface area contributed by atoms with E-state index in [1.807, 2.05) is 0 Å². The molecule has 0 atom stereocenters. The molecule has 0 aromatic heterocycles. The highest BCUT2D eigenvalue weighted by Gasteiger charge is 2.36. The van der Waals surface area contributed by atoms with Crippen LogP contribution in [0.15, 0.2) is 0 Å². The second kappa shape index (κ2) is 17.0. The van der Waals surface area contributed by atoms with Gasteiger partial charge in [0.15, 0.2) is 0 Å². The van der Waals surface area contributed by atoms with Crippen molar-refractivity contribution in [1.82, 2.24) is 5.32 Å². The van der Waals surface area contributed by atoms with Crippen LogP contribution in [0.4, 0.5) is 4.79 Å². The highest BCUT2D eigenvalue weighted by molar-refractivity contribution is 5.71. The number of ether oxygens (including phenoxy) is 7. The highest BCUT2D eigenvalue weighted by Crippen LogP contribution is 2.16. The maximum atomic E-state index is 12.8. The summed E-state index contributed by atoms with van der Waals surface area (Å²) in [5.41, 5.74) is -3.99. The lowest BCUT2D eigenvalue weighted by Crippen LogP contribution is -2.59. The van der Waals surface area contributed by atoms with Crippen LogP contribution >= 0.6 is 0 Å². The van der Waals surface area contributed by atoms with Crippen molar-refractivity contribution >= 4 is 24.0 Å². The summed E-state index contributed by atoms with van der Waals surface area (Å²) >= 11 is 0. The maximum absolute atomic E-state index is 12.8. The van der Waals surface area contributed by atoms with E-state index < -0.39 is 51.9 Å². The maximum Gasteiger partial charge on any atom is 0.408 e. The molecule has 0 saturated heterocycles. The van der Waals surface area contributed by atoms with Gasteiger partial charge in [-0.05, 0) is 83.1 Å². The van der Waals surface area contributed by atoms with E-state index in [1.54, 1.807) is 83.1 Å². The average molecular weight is 606 g/mol. The zero-order valence-electron chi connectivity index (χ0n) is 27.9. The van der Waals surface area contributed by atoms with Crippen molar-refractivity contribution in [1.29, 1.82) is 0 Å². The standard InChI is InChI=1S/C30H55NO11/c1-26(2,3)39-22(32)13-16-36-19-30(31-25(35)42-29(10,11)12,20-37-17-14-23(33)40-27(4,5)6)21-38-18-15-24(34)41-28(7,8)9/h13-21H2,1-12H3,(H,31,35). The molecule has 246 valence electrons. The van der Waals surface area contributed by atoms with Gasteiger partial charge < -0.3 is 38.5 Å². The van der Waals surface area contributed by atoms with Crippen molar-refractivity contribution in [3.05, 3.63) is 0 Å². The molecule has 12 heteroatoms. The Hall–Kier alpha value is -2.44. The molecule has 0 aromatic rings. The summed E-state index contributed by atoms with van der Waals surface area (Å²) in [6.07, 6.45) is -0.791. The number of amides is 1. The molecule has 0 heterocycles. The molecular formula is C30H55NO11. The third-order valence-corrected chi connectivity index (χ3v) is 4.51. The van der Waals surface area contributed by atoms with Gasteiger partial charge in [0.1, 0.15) is 27.9 Å². The highest BCUT2D eigenvalue weighted by atomic mass is 16.6. The van der Waals surface area contributed by atoms with E-state index >= 15 is 0 Å². The third-order valence-electron chi connectivity index (χ3n) is 4.51. The molecule has 0 aliphatic carbocycles. The van der Waals surface area contributed by atoms with Gasteiger partial charge in [-0.15, -0.1) is 0 Å². The van der Waals surface area contributed by atoms with Crippen LogP contribution in [-0.4, -0.2) is 91.6 Å². The number of carbonyl (C=O) groups is 4. The van der Waals surface area contributed by atoms with E-state index in [0.717, 1.165) is 0 Å². The molecule has 0 unspecified atom stereocenters. The fourth-order valence-corrected chi connectivity index (χ4v) is 3.20. The number of hydrogen-bond acceptors (Lipinski definition) is 11. The molecule has 0 aliphatic heterocycles. The van der Waals surface area contributed by atoms with Crippen LogP contribution in [0.1, 0.15) is 102 Å². The van der Waals surface area contributed by atoms with Crippen LogP contribution in [0.2, 0.25) is 0 Å². The molecule has 0 radical (unpaired) electrons. The summed E-state index contributed by atoms with van der Waals surface area (Å²) in [7, 11) is 0. The van der Waals surface area contributed by atoms with E-state index in [-0.39, 0.29) is 58.9 Å². The molecule has 1 N–H and O–H groups in total. The predicted molar refractivity (Wildman–Crippen MR) is 156 cm³/mol. The molecule has 12 nitrogen and oxygen atoms in total. The fourth-order valence-electron chi connectivity index (χ4n) is 3.20. The first-order valence-corrected chi connectivity index (χ1v) is 14.3. The zero-order valence-corrected chi connectivity index (χ0v) is 27.9. The van der Waals surface area contributed by atoms with E-state index in [4.69, 9.17) is 33.2 Å². The first-order valence-electron chi connectivity index (χ1n) is 14.3. The lowest BCUT2D eigenvalue weighted by molar-refractivity contribution is -0.157. The van der Waals surface area contributed by atoms with Gasteiger partial charge in [0.2, 0.25) is 0 Å². The van der Waals surface area contributed by atoms with Crippen molar-refractivity contribution in [3.63, 3.8) is 0 Å². The molecule has 0 rings (SSSR count). The molecule has 0 aromatic carbocycles. The Morgan fingerprint density at radius 1 is 0.452 bits per heavy atom. The van der Waals surface area contributed by atoms with Gasteiger partial charge in [-0.1, -0.05) is 0 Å². The average Bonchev–Trinajstić information content (AvgIpc) is 2.72. The van der Waals surface area contributed by atoms with Crippen LogP contribution in [0, 0.1) is 0 Å². The Bertz CT molecular complexity index is 770. The van der Waals surface area contributed by atoms with Gasteiger partial charge >= 0.3 is 24.0 Å². The summed E-state index contributed by atoms with van der Waals surface area (Å²) in [6.45, 7) is 20.7. The minimum absolute atomic E-state index is 0.00246. The molecule has 42 heavy (non-hydrogen) atoms. The van der Waals surface area contributed by atoms with Crippen molar-refractivity contribution in [3.8, 4) is 0 Å². The van der Waals surface area contributed by atoms with Crippen LogP contribution in [0.3, 0.4) is 0 Å². The molecule has 0 spiro atoms. The number of rotatable bonds is 16. The van der Waals surface area contributed by atoms with Gasteiger partial charge in [-0.3, -0.25) is 14.4 Å². The summed E-state index contributed by atoms with van der Waals surface area (Å²) in [4.78, 5) is 49.3. The Labute approximate surface area is 251 Å². The summed E-state index contributed by atoms with van der Waals surface area (Å²) < 4.78 is 38.8. The van der Waals surface area contributed by atoms with E-state index in [1.165, 1.54) is 0 Å². The van der Waals surface area contributed by atoms with Gasteiger partial charge in [0, 0.05) is 0 Å². The molecular weight excluding hydrogens is 550 g/mol. The monoisotopic (exact) mass is 605 g/mol. The Morgan fingerprint density at radius 2 is 0.714 bits per heavy atom. The minimum atomic E-state index is -1.29. The van der Waals surface area contributed by atoms with Crippen LogP contribution in [0.5, 0.6) is 0 Å². The lowest BCUT2D eigenvalue weighted by Gasteiger charge is -2.35. The summed E-state index contributed by atoms with van der Waals surface area (Å²) in [5, 5.41) is 2.78. The first-order chi connectivity index (χ1) is 18.9. The van der Waals surface area contributed by atoms with E-state index in [9.17, 15) is 19.2 Å². The number of nitrogens with one attached hydrogen (secondary N) is 1. The summed E-state index contributed by atoms with van der Waals surface area (Å²) in [6, 6.07) is 0. The van der Waals surface area contributed by atoms with Gasteiger partial charge in [0.05, 0.1) is 58.9 Å².